The molecule has 0 aromatic rings. The molecule has 1 aliphatic rings. The molecule has 0 amide bonds. The van der Waals surface area contributed by atoms with Gasteiger partial charge in [0.15, 0.2) is 5.79 Å². The van der Waals surface area contributed by atoms with Gasteiger partial charge in [-0.05, 0) is 19.8 Å². The maximum absolute atomic E-state index is 10.8. The summed E-state index contributed by atoms with van der Waals surface area (Å²) < 4.78 is 0. The van der Waals surface area contributed by atoms with Crippen molar-refractivity contribution in [1.29, 1.82) is 0 Å². The van der Waals surface area contributed by atoms with E-state index in [2.05, 4.69) is 0 Å². The third kappa shape index (κ3) is 2.27. The van der Waals surface area contributed by atoms with Crippen LogP contribution in [-0.4, -0.2) is 21.8 Å². The summed E-state index contributed by atoms with van der Waals surface area (Å²) in [6.07, 6.45) is 1.89. The highest BCUT2D eigenvalue weighted by Gasteiger charge is 2.32. The Bertz CT molecular complexity index is 153. The second-order valence-corrected chi connectivity index (χ2v) is 3.37. The number of rotatable bonds is 1. The van der Waals surface area contributed by atoms with Gasteiger partial charge in [0, 0.05) is 18.8 Å². The first-order chi connectivity index (χ1) is 5.01. The Morgan fingerprint density at radius 3 is 2.18 bits per heavy atom. The molecule has 0 saturated heterocycles. The maximum Gasteiger partial charge on any atom is 0.162 e. The molecule has 0 atom stereocenters. The lowest BCUT2D eigenvalue weighted by Gasteiger charge is -2.30. The van der Waals surface area contributed by atoms with Gasteiger partial charge in [-0.25, -0.2) is 0 Å². The van der Waals surface area contributed by atoms with E-state index in [9.17, 15) is 4.79 Å². The monoisotopic (exact) mass is 158 g/mol. The van der Waals surface area contributed by atoms with Crippen LogP contribution in [0.5, 0.6) is 0 Å². The van der Waals surface area contributed by atoms with Crippen molar-refractivity contribution in [3.05, 3.63) is 0 Å². The molecule has 3 nitrogen and oxygen atoms in total. The van der Waals surface area contributed by atoms with Gasteiger partial charge in [-0.3, -0.25) is 4.79 Å². The summed E-state index contributed by atoms with van der Waals surface area (Å²) in [6.45, 7) is 1.56. The summed E-state index contributed by atoms with van der Waals surface area (Å²) in [7, 11) is 0. The zero-order valence-corrected chi connectivity index (χ0v) is 6.71. The van der Waals surface area contributed by atoms with Crippen LogP contribution in [0.15, 0.2) is 0 Å². The normalized spacial score (nSPS) is 25.0. The highest BCUT2D eigenvalue weighted by molar-refractivity contribution is 5.78. The minimum atomic E-state index is -1.51. The van der Waals surface area contributed by atoms with Crippen molar-refractivity contribution in [3.63, 3.8) is 0 Å². The van der Waals surface area contributed by atoms with Gasteiger partial charge in [0.2, 0.25) is 0 Å². The fraction of sp³-hybridized carbons (Fsp3) is 0.875. The Morgan fingerprint density at radius 2 is 1.82 bits per heavy atom. The molecule has 1 saturated carbocycles. The lowest BCUT2D eigenvalue weighted by Crippen LogP contribution is -2.35. The van der Waals surface area contributed by atoms with Gasteiger partial charge < -0.3 is 10.2 Å². The standard InChI is InChI=1S/C8H14O3/c1-6(9)7-2-4-8(10,11)5-3-7/h7,10-11H,2-5H2,1H3. The van der Waals surface area contributed by atoms with Crippen LogP contribution in [0, 0.1) is 5.92 Å². The predicted octanol–water partition coefficient (Wildman–Crippen LogP) is 0.447. The number of carbonyl (C=O) groups is 1. The summed E-state index contributed by atoms with van der Waals surface area (Å²) >= 11 is 0. The smallest absolute Gasteiger partial charge is 0.162 e. The Kier molecular flexibility index (Phi) is 2.30. The molecule has 0 radical (unpaired) electrons. The molecule has 0 aromatic carbocycles. The van der Waals surface area contributed by atoms with E-state index in [1.54, 1.807) is 6.92 Å². The Balaban J connectivity index is 2.42. The fourth-order valence-corrected chi connectivity index (χ4v) is 1.49. The van der Waals surface area contributed by atoms with Gasteiger partial charge in [0.1, 0.15) is 5.78 Å². The molecular weight excluding hydrogens is 144 g/mol. The molecular formula is C8H14O3. The number of ketones is 1. The van der Waals surface area contributed by atoms with E-state index in [4.69, 9.17) is 10.2 Å². The predicted molar refractivity (Wildman–Crippen MR) is 39.8 cm³/mol. The van der Waals surface area contributed by atoms with Gasteiger partial charge >= 0.3 is 0 Å². The quantitative estimate of drug-likeness (QED) is 0.544. The van der Waals surface area contributed by atoms with Crippen molar-refractivity contribution in [2.45, 2.75) is 38.4 Å². The minimum absolute atomic E-state index is 0.0578. The van der Waals surface area contributed by atoms with Crippen LogP contribution in [0.2, 0.25) is 0 Å². The average Bonchev–Trinajstić information content (AvgIpc) is 1.86. The van der Waals surface area contributed by atoms with Crippen molar-refractivity contribution < 1.29 is 15.0 Å². The third-order valence-electron chi connectivity index (χ3n) is 2.36. The van der Waals surface area contributed by atoms with Crippen LogP contribution < -0.4 is 0 Å². The molecule has 64 valence electrons. The molecule has 11 heavy (non-hydrogen) atoms. The first-order valence-electron chi connectivity index (χ1n) is 3.96. The Morgan fingerprint density at radius 1 is 1.36 bits per heavy atom. The van der Waals surface area contributed by atoms with Crippen LogP contribution in [0.25, 0.3) is 0 Å². The van der Waals surface area contributed by atoms with Gasteiger partial charge in [0.05, 0.1) is 0 Å². The van der Waals surface area contributed by atoms with E-state index in [1.807, 2.05) is 0 Å². The first-order valence-corrected chi connectivity index (χ1v) is 3.96. The molecule has 2 N–H and O–H groups in total. The van der Waals surface area contributed by atoms with Crippen molar-refractivity contribution in [2.75, 3.05) is 0 Å². The van der Waals surface area contributed by atoms with Crippen molar-refractivity contribution in [1.82, 2.24) is 0 Å². The number of Topliss-reactive ketones (excluding diaryl/α,β-unsaturated/α-hetero) is 1. The van der Waals surface area contributed by atoms with Gasteiger partial charge in [-0.15, -0.1) is 0 Å². The van der Waals surface area contributed by atoms with Gasteiger partial charge in [-0.2, -0.15) is 0 Å². The summed E-state index contributed by atoms with van der Waals surface area (Å²) in [5.41, 5.74) is 0. The van der Waals surface area contributed by atoms with E-state index < -0.39 is 5.79 Å². The van der Waals surface area contributed by atoms with Crippen LogP contribution in [0.1, 0.15) is 32.6 Å². The van der Waals surface area contributed by atoms with Gasteiger partial charge in [0.25, 0.3) is 0 Å². The van der Waals surface area contributed by atoms with E-state index in [0.29, 0.717) is 25.7 Å². The van der Waals surface area contributed by atoms with Crippen LogP contribution in [-0.2, 0) is 4.79 Å². The third-order valence-corrected chi connectivity index (χ3v) is 2.36. The van der Waals surface area contributed by atoms with Crippen molar-refractivity contribution in [2.24, 2.45) is 5.92 Å². The van der Waals surface area contributed by atoms with Crippen molar-refractivity contribution in [3.8, 4) is 0 Å². The summed E-state index contributed by atoms with van der Waals surface area (Å²) in [5, 5.41) is 18.2. The molecule has 0 heterocycles. The SMILES string of the molecule is CC(=O)C1CCC(O)(O)CC1. The zero-order chi connectivity index (χ0) is 8.48. The molecule has 1 fully saturated rings. The molecule has 0 unspecified atom stereocenters. The fourth-order valence-electron chi connectivity index (χ4n) is 1.49. The number of hydrogen-bond donors (Lipinski definition) is 2. The lowest BCUT2D eigenvalue weighted by atomic mass is 9.83. The van der Waals surface area contributed by atoms with Crippen LogP contribution >= 0.6 is 0 Å². The molecule has 0 aliphatic heterocycles. The number of hydrogen-bond acceptors (Lipinski definition) is 3. The zero-order valence-electron chi connectivity index (χ0n) is 6.71. The summed E-state index contributed by atoms with van der Waals surface area (Å²) in [6, 6.07) is 0. The molecule has 0 spiro atoms. The lowest BCUT2D eigenvalue weighted by molar-refractivity contribution is -0.186. The second-order valence-electron chi connectivity index (χ2n) is 3.37. The summed E-state index contributed by atoms with van der Waals surface area (Å²) in [4.78, 5) is 10.8. The molecule has 1 aliphatic carbocycles. The van der Waals surface area contributed by atoms with Crippen molar-refractivity contribution >= 4 is 5.78 Å². The minimum Gasteiger partial charge on any atom is -0.366 e. The maximum atomic E-state index is 10.8. The van der Waals surface area contributed by atoms with Gasteiger partial charge in [-0.1, -0.05) is 0 Å². The topological polar surface area (TPSA) is 57.5 Å². The van der Waals surface area contributed by atoms with E-state index in [-0.39, 0.29) is 11.7 Å². The summed E-state index contributed by atoms with van der Waals surface area (Å²) in [5.74, 6) is -1.28. The molecule has 1 rings (SSSR count). The first kappa shape index (κ1) is 8.68. The van der Waals surface area contributed by atoms with E-state index >= 15 is 0 Å². The van der Waals surface area contributed by atoms with E-state index in [1.165, 1.54) is 0 Å². The second kappa shape index (κ2) is 2.91. The molecule has 0 bridgehead atoms. The largest absolute Gasteiger partial charge is 0.366 e. The van der Waals surface area contributed by atoms with Crippen LogP contribution in [0.4, 0.5) is 0 Å². The number of carbonyl (C=O) groups excluding carboxylic acids is 1. The number of aliphatic hydroxyl groups is 2. The highest BCUT2D eigenvalue weighted by Crippen LogP contribution is 2.30. The molecule has 0 aromatic heterocycles. The van der Waals surface area contributed by atoms with Crippen LogP contribution in [0.3, 0.4) is 0 Å². The molecule has 3 heteroatoms. The average molecular weight is 158 g/mol. The van der Waals surface area contributed by atoms with E-state index in [0.717, 1.165) is 0 Å². The highest BCUT2D eigenvalue weighted by atomic mass is 16.5. The Hall–Kier alpha value is -0.410. The Labute approximate surface area is 66.0 Å².